The van der Waals surface area contributed by atoms with Crippen molar-refractivity contribution in [2.75, 3.05) is 5.73 Å². The second-order valence-corrected chi connectivity index (χ2v) is 4.45. The Morgan fingerprint density at radius 2 is 1.76 bits per heavy atom. The minimum absolute atomic E-state index is 0.302. The standard InChI is InChI=1S/C13H9FN2S/c14-10-4-1-2-6-13(10)17-12-7-3-5-11(16)9(12)8-15/h1-7H,16H2. The summed E-state index contributed by atoms with van der Waals surface area (Å²) in [4.78, 5) is 1.15. The van der Waals surface area contributed by atoms with E-state index < -0.39 is 0 Å². The van der Waals surface area contributed by atoms with Crippen LogP contribution in [0.3, 0.4) is 0 Å². The van der Waals surface area contributed by atoms with E-state index in [2.05, 4.69) is 0 Å². The first kappa shape index (κ1) is 11.5. The first-order chi connectivity index (χ1) is 8.22. The van der Waals surface area contributed by atoms with Gasteiger partial charge in [-0.3, -0.25) is 0 Å². The van der Waals surface area contributed by atoms with Crippen molar-refractivity contribution in [3.8, 4) is 6.07 Å². The van der Waals surface area contributed by atoms with Crippen LogP contribution >= 0.6 is 11.8 Å². The lowest BCUT2D eigenvalue weighted by molar-refractivity contribution is 0.602. The number of nitriles is 1. The van der Waals surface area contributed by atoms with E-state index in [4.69, 9.17) is 11.0 Å². The molecule has 0 aliphatic carbocycles. The highest BCUT2D eigenvalue weighted by Gasteiger charge is 2.09. The molecule has 0 radical (unpaired) electrons. The summed E-state index contributed by atoms with van der Waals surface area (Å²) in [7, 11) is 0. The molecule has 0 saturated heterocycles. The highest BCUT2D eigenvalue weighted by molar-refractivity contribution is 7.99. The molecule has 2 N–H and O–H groups in total. The maximum Gasteiger partial charge on any atom is 0.137 e. The summed E-state index contributed by atoms with van der Waals surface area (Å²) in [5.74, 6) is -0.302. The highest BCUT2D eigenvalue weighted by Crippen LogP contribution is 2.33. The van der Waals surface area contributed by atoms with E-state index >= 15 is 0 Å². The Balaban J connectivity index is 2.41. The lowest BCUT2D eigenvalue weighted by Gasteiger charge is -2.06. The Hall–Kier alpha value is -1.99. The lowest BCUT2D eigenvalue weighted by Crippen LogP contribution is -1.92. The number of rotatable bonds is 2. The monoisotopic (exact) mass is 244 g/mol. The van der Waals surface area contributed by atoms with E-state index in [9.17, 15) is 4.39 Å². The fraction of sp³-hybridized carbons (Fsp3) is 0. The maximum absolute atomic E-state index is 13.5. The Labute approximate surface area is 103 Å². The summed E-state index contributed by atoms with van der Waals surface area (Å²) < 4.78 is 13.5. The molecule has 0 unspecified atom stereocenters. The molecule has 2 rings (SSSR count). The van der Waals surface area contributed by atoms with Crippen LogP contribution in [0.15, 0.2) is 52.3 Å². The third-order valence-electron chi connectivity index (χ3n) is 2.23. The Kier molecular flexibility index (Phi) is 3.31. The van der Waals surface area contributed by atoms with Crippen molar-refractivity contribution in [3.63, 3.8) is 0 Å². The van der Waals surface area contributed by atoms with Crippen LogP contribution in [0.25, 0.3) is 0 Å². The van der Waals surface area contributed by atoms with Crippen molar-refractivity contribution in [1.82, 2.24) is 0 Å². The maximum atomic E-state index is 13.5. The van der Waals surface area contributed by atoms with Crippen LogP contribution in [-0.4, -0.2) is 0 Å². The van der Waals surface area contributed by atoms with Gasteiger partial charge in [-0.2, -0.15) is 5.26 Å². The van der Waals surface area contributed by atoms with Gasteiger partial charge in [0.2, 0.25) is 0 Å². The van der Waals surface area contributed by atoms with Gasteiger partial charge in [0.15, 0.2) is 0 Å². The van der Waals surface area contributed by atoms with Crippen molar-refractivity contribution in [3.05, 3.63) is 53.8 Å². The fourth-order valence-corrected chi connectivity index (χ4v) is 2.36. The third-order valence-corrected chi connectivity index (χ3v) is 3.34. The number of hydrogen-bond donors (Lipinski definition) is 1. The second-order valence-electron chi connectivity index (χ2n) is 3.36. The summed E-state index contributed by atoms with van der Waals surface area (Å²) in [5.41, 5.74) is 6.49. The van der Waals surface area contributed by atoms with E-state index in [0.717, 1.165) is 0 Å². The van der Waals surface area contributed by atoms with Crippen LogP contribution in [0.4, 0.5) is 10.1 Å². The van der Waals surface area contributed by atoms with Gasteiger partial charge < -0.3 is 5.73 Å². The van der Waals surface area contributed by atoms with Gasteiger partial charge in [-0.15, -0.1) is 0 Å². The molecule has 17 heavy (non-hydrogen) atoms. The van der Waals surface area contributed by atoms with E-state index in [-0.39, 0.29) is 5.82 Å². The van der Waals surface area contributed by atoms with E-state index in [0.29, 0.717) is 21.0 Å². The van der Waals surface area contributed by atoms with Gasteiger partial charge in [0.05, 0.1) is 11.3 Å². The summed E-state index contributed by atoms with van der Waals surface area (Å²) in [5, 5.41) is 9.01. The van der Waals surface area contributed by atoms with Gasteiger partial charge in [0.25, 0.3) is 0 Å². The molecule has 2 nitrogen and oxygen atoms in total. The molecule has 2 aromatic rings. The first-order valence-electron chi connectivity index (χ1n) is 4.93. The van der Waals surface area contributed by atoms with E-state index in [1.54, 1.807) is 36.4 Å². The van der Waals surface area contributed by atoms with Gasteiger partial charge in [-0.1, -0.05) is 30.0 Å². The number of nitrogens with two attached hydrogens (primary N) is 1. The average molecular weight is 244 g/mol. The van der Waals surface area contributed by atoms with Crippen molar-refractivity contribution < 1.29 is 4.39 Å². The van der Waals surface area contributed by atoms with Gasteiger partial charge in [0, 0.05) is 9.79 Å². The molecule has 0 atom stereocenters. The second kappa shape index (κ2) is 4.89. The van der Waals surface area contributed by atoms with Crippen LogP contribution in [-0.2, 0) is 0 Å². The van der Waals surface area contributed by atoms with E-state index in [1.807, 2.05) is 6.07 Å². The predicted molar refractivity (Wildman–Crippen MR) is 66.1 cm³/mol. The minimum atomic E-state index is -0.302. The number of benzene rings is 2. The molecular formula is C13H9FN2S. The topological polar surface area (TPSA) is 49.8 Å². The SMILES string of the molecule is N#Cc1c(N)cccc1Sc1ccccc1F. The Morgan fingerprint density at radius 3 is 2.47 bits per heavy atom. The zero-order chi connectivity index (χ0) is 12.3. The highest BCUT2D eigenvalue weighted by atomic mass is 32.2. The Bertz CT molecular complexity index is 590. The normalized spacial score (nSPS) is 9.88. The van der Waals surface area contributed by atoms with Crippen LogP contribution in [0.1, 0.15) is 5.56 Å². The fourth-order valence-electron chi connectivity index (χ4n) is 1.40. The summed E-state index contributed by atoms with van der Waals surface area (Å²) >= 11 is 1.20. The molecule has 84 valence electrons. The molecule has 0 saturated carbocycles. The van der Waals surface area contributed by atoms with Crippen LogP contribution in [0, 0.1) is 17.1 Å². The van der Waals surface area contributed by atoms with E-state index in [1.165, 1.54) is 17.8 Å². The number of halogens is 1. The minimum Gasteiger partial charge on any atom is -0.398 e. The summed E-state index contributed by atoms with van der Waals surface area (Å²) in [6, 6.07) is 13.6. The molecule has 4 heteroatoms. The van der Waals surface area contributed by atoms with Gasteiger partial charge in [0.1, 0.15) is 11.9 Å². The number of anilines is 1. The number of nitrogen functional groups attached to an aromatic ring is 1. The zero-order valence-corrected chi connectivity index (χ0v) is 9.67. The quantitative estimate of drug-likeness (QED) is 0.823. The van der Waals surface area contributed by atoms with Gasteiger partial charge in [-0.05, 0) is 24.3 Å². The molecule has 0 aliphatic rings. The van der Waals surface area contributed by atoms with Gasteiger partial charge in [-0.25, -0.2) is 4.39 Å². The Morgan fingerprint density at radius 1 is 1.06 bits per heavy atom. The van der Waals surface area contributed by atoms with Crippen LogP contribution in [0.2, 0.25) is 0 Å². The zero-order valence-electron chi connectivity index (χ0n) is 8.85. The molecule has 0 bridgehead atoms. The molecule has 0 fully saturated rings. The molecule has 0 amide bonds. The van der Waals surface area contributed by atoms with Crippen molar-refractivity contribution in [1.29, 1.82) is 5.26 Å². The van der Waals surface area contributed by atoms with Gasteiger partial charge >= 0.3 is 0 Å². The first-order valence-corrected chi connectivity index (χ1v) is 5.75. The van der Waals surface area contributed by atoms with Crippen LogP contribution < -0.4 is 5.73 Å². The van der Waals surface area contributed by atoms with Crippen LogP contribution in [0.5, 0.6) is 0 Å². The molecule has 0 aromatic heterocycles. The lowest BCUT2D eigenvalue weighted by atomic mass is 10.2. The summed E-state index contributed by atoms with van der Waals surface area (Å²) in [6.07, 6.45) is 0. The smallest absolute Gasteiger partial charge is 0.137 e. The van der Waals surface area contributed by atoms with Crippen molar-refractivity contribution >= 4 is 17.4 Å². The van der Waals surface area contributed by atoms with Crippen molar-refractivity contribution in [2.24, 2.45) is 0 Å². The number of nitrogens with zero attached hydrogens (tertiary/aromatic N) is 1. The third kappa shape index (κ3) is 2.40. The molecule has 2 aromatic carbocycles. The molecule has 0 spiro atoms. The predicted octanol–water partition coefficient (Wildman–Crippen LogP) is 3.43. The molecular weight excluding hydrogens is 235 g/mol. The molecule has 0 heterocycles. The molecule has 0 aliphatic heterocycles. The average Bonchev–Trinajstić information content (AvgIpc) is 2.32. The largest absolute Gasteiger partial charge is 0.398 e. The summed E-state index contributed by atoms with van der Waals surface area (Å²) in [6.45, 7) is 0. The van der Waals surface area contributed by atoms with Crippen molar-refractivity contribution in [2.45, 2.75) is 9.79 Å². The number of hydrogen-bond acceptors (Lipinski definition) is 3.